The molecule has 3 aromatic rings. The lowest BCUT2D eigenvalue weighted by molar-refractivity contribution is -0.138. The molecule has 1 N–H and O–H groups in total. The fourth-order valence-electron chi connectivity index (χ4n) is 5.56. The molecule has 0 saturated carbocycles. The van der Waals surface area contributed by atoms with Crippen LogP contribution in [0, 0.1) is 11.6 Å². The number of thiazole rings is 1. The predicted octanol–water partition coefficient (Wildman–Crippen LogP) is 6.31. The molecule has 2 aliphatic rings. The summed E-state index contributed by atoms with van der Waals surface area (Å²) >= 11 is 1.28. The highest BCUT2D eigenvalue weighted by Crippen LogP contribution is 2.37. The molecule has 1 atom stereocenters. The van der Waals surface area contributed by atoms with Gasteiger partial charge in [-0.15, -0.1) is 11.3 Å². The van der Waals surface area contributed by atoms with Crippen LogP contribution < -0.4 is 4.90 Å². The number of hydrogen-bond donors (Lipinski definition) is 1. The van der Waals surface area contributed by atoms with Crippen molar-refractivity contribution in [2.45, 2.75) is 58.8 Å². The van der Waals surface area contributed by atoms with Crippen LogP contribution >= 0.6 is 11.3 Å². The van der Waals surface area contributed by atoms with Crippen molar-refractivity contribution in [3.63, 3.8) is 0 Å². The van der Waals surface area contributed by atoms with Crippen LogP contribution in [0.1, 0.15) is 54.8 Å². The van der Waals surface area contributed by atoms with Gasteiger partial charge in [-0.1, -0.05) is 7.43 Å². The van der Waals surface area contributed by atoms with Gasteiger partial charge in [0.2, 0.25) is 0 Å². The van der Waals surface area contributed by atoms with Gasteiger partial charge in [-0.25, -0.2) is 13.8 Å². The molecule has 0 bridgehead atoms. The molecule has 0 radical (unpaired) electrons. The fourth-order valence-corrected chi connectivity index (χ4v) is 6.68. The summed E-state index contributed by atoms with van der Waals surface area (Å²) < 4.78 is 70.6. The number of carbonyl (C=O) groups is 1. The summed E-state index contributed by atoms with van der Waals surface area (Å²) in [5, 5.41) is 9.40. The SMILES string of the molecule is C.C[C@@H]1CCCN1Cc1sc(Cc2nccc(N3CCN(CCC(=O)O)CC3)c2F)nc1-c1cc(F)cc(C(F)(F)F)c1. The molecule has 7 nitrogen and oxygen atoms in total. The molecule has 0 spiro atoms. The number of hydrogen-bond acceptors (Lipinski definition) is 7. The van der Waals surface area contributed by atoms with E-state index in [1.165, 1.54) is 17.5 Å². The lowest BCUT2D eigenvalue weighted by Crippen LogP contribution is -2.47. The number of benzene rings is 1. The van der Waals surface area contributed by atoms with Crippen LogP contribution in [0.3, 0.4) is 0 Å². The van der Waals surface area contributed by atoms with E-state index in [2.05, 4.69) is 21.8 Å². The summed E-state index contributed by atoms with van der Waals surface area (Å²) in [6, 6.07) is 4.33. The van der Waals surface area contributed by atoms with E-state index in [-0.39, 0.29) is 37.2 Å². The van der Waals surface area contributed by atoms with Crippen molar-refractivity contribution >= 4 is 23.0 Å². The van der Waals surface area contributed by atoms with Crippen molar-refractivity contribution < 1.29 is 31.9 Å². The summed E-state index contributed by atoms with van der Waals surface area (Å²) in [5.74, 6) is -2.35. The predicted molar refractivity (Wildman–Crippen MR) is 156 cm³/mol. The zero-order valence-electron chi connectivity index (χ0n) is 23.1. The zero-order chi connectivity index (χ0) is 30.0. The van der Waals surface area contributed by atoms with Gasteiger partial charge in [-0.05, 0) is 50.6 Å². The lowest BCUT2D eigenvalue weighted by Gasteiger charge is -2.36. The molecule has 0 aliphatic carbocycles. The number of aliphatic carboxylic acids is 1. The smallest absolute Gasteiger partial charge is 0.416 e. The number of rotatable bonds is 9. The summed E-state index contributed by atoms with van der Waals surface area (Å²) in [7, 11) is 0. The van der Waals surface area contributed by atoms with Crippen LogP contribution in [0.4, 0.5) is 27.6 Å². The number of carboxylic acid groups (broad SMARTS) is 1. The van der Waals surface area contributed by atoms with Gasteiger partial charge < -0.3 is 10.0 Å². The quantitative estimate of drug-likeness (QED) is 0.280. The number of nitrogens with zero attached hydrogens (tertiary/aromatic N) is 5. The highest BCUT2D eigenvalue weighted by Gasteiger charge is 2.32. The van der Waals surface area contributed by atoms with Crippen LogP contribution in [-0.4, -0.2) is 76.2 Å². The Morgan fingerprint density at radius 3 is 2.51 bits per heavy atom. The van der Waals surface area contributed by atoms with Crippen LogP contribution in [0.5, 0.6) is 0 Å². The van der Waals surface area contributed by atoms with Crippen LogP contribution in [0.2, 0.25) is 0 Å². The fraction of sp³-hybridized carbons (Fsp3) is 0.500. The molecule has 13 heteroatoms. The Balaban J connectivity index is 0.00000423. The van der Waals surface area contributed by atoms with Gasteiger partial charge in [0, 0.05) is 68.4 Å². The second kappa shape index (κ2) is 13.6. The number of pyridine rings is 1. The first kappa shape index (κ1) is 32.7. The number of carboxylic acids is 1. The number of piperazine rings is 1. The Morgan fingerprint density at radius 2 is 1.86 bits per heavy atom. The van der Waals surface area contributed by atoms with E-state index in [0.717, 1.165) is 31.5 Å². The molecule has 0 amide bonds. The molecule has 0 unspecified atom stereocenters. The molecule has 4 heterocycles. The van der Waals surface area contributed by atoms with Crippen molar-refractivity contribution in [2.75, 3.05) is 44.2 Å². The number of likely N-dealkylation sites (tertiary alicyclic amines) is 1. The first-order valence-corrected chi connectivity index (χ1v) is 14.7. The molecule has 2 aliphatic heterocycles. The summed E-state index contributed by atoms with van der Waals surface area (Å²) in [4.78, 5) is 26.6. The standard InChI is InChI=1S/C29H32F5N5O2S.CH4/c1-18-3-2-7-39(18)17-24-28(19-13-20(29(32,33)34)15-21(30)14-19)36-25(42-24)16-22-27(31)23(4-6-35-22)38-11-9-37(10-12-38)8-5-26(40)41;/h4,6,13-15,18H,2-3,5,7-12,16-17H2,1H3,(H,40,41);1H4/t18-;/m1./s1. The van der Waals surface area contributed by atoms with Gasteiger partial charge >= 0.3 is 12.1 Å². The van der Waals surface area contributed by atoms with Crippen molar-refractivity contribution in [2.24, 2.45) is 0 Å². The number of anilines is 1. The van der Waals surface area contributed by atoms with Crippen molar-refractivity contribution in [3.05, 3.63) is 63.2 Å². The summed E-state index contributed by atoms with van der Waals surface area (Å²) in [6.45, 7) is 6.09. The van der Waals surface area contributed by atoms with Gasteiger partial charge in [0.05, 0.1) is 34.1 Å². The van der Waals surface area contributed by atoms with Gasteiger partial charge in [-0.2, -0.15) is 13.2 Å². The van der Waals surface area contributed by atoms with E-state index in [1.807, 2.05) is 9.80 Å². The number of alkyl halides is 3. The minimum absolute atomic E-state index is 0. The van der Waals surface area contributed by atoms with Crippen LogP contribution in [0.25, 0.3) is 11.3 Å². The van der Waals surface area contributed by atoms with E-state index in [1.54, 1.807) is 6.07 Å². The van der Waals surface area contributed by atoms with Gasteiger partial charge in [0.15, 0.2) is 5.82 Å². The largest absolute Gasteiger partial charge is 0.481 e. The highest BCUT2D eigenvalue weighted by molar-refractivity contribution is 7.12. The maximum absolute atomic E-state index is 15.7. The van der Waals surface area contributed by atoms with E-state index in [4.69, 9.17) is 5.11 Å². The number of aromatic nitrogens is 2. The molecule has 1 aromatic carbocycles. The minimum atomic E-state index is -4.71. The average molecular weight is 626 g/mol. The second-order valence-corrected chi connectivity index (χ2v) is 12.0. The molecular weight excluding hydrogens is 589 g/mol. The highest BCUT2D eigenvalue weighted by atomic mass is 32.1. The lowest BCUT2D eigenvalue weighted by atomic mass is 10.1. The van der Waals surface area contributed by atoms with Crippen LogP contribution in [-0.2, 0) is 23.9 Å². The third-order valence-corrected chi connectivity index (χ3v) is 8.93. The second-order valence-electron chi connectivity index (χ2n) is 10.8. The van der Waals surface area contributed by atoms with Gasteiger partial charge in [-0.3, -0.25) is 19.6 Å². The minimum Gasteiger partial charge on any atom is -0.481 e. The third-order valence-electron chi connectivity index (χ3n) is 7.89. The first-order valence-electron chi connectivity index (χ1n) is 13.9. The molecule has 2 fully saturated rings. The summed E-state index contributed by atoms with van der Waals surface area (Å²) in [5.41, 5.74) is -0.225. The molecule has 2 aromatic heterocycles. The molecule has 234 valence electrons. The van der Waals surface area contributed by atoms with E-state index in [0.29, 0.717) is 66.9 Å². The Bertz CT molecular complexity index is 1420. The van der Waals surface area contributed by atoms with E-state index < -0.39 is 29.3 Å². The van der Waals surface area contributed by atoms with Crippen LogP contribution in [0.15, 0.2) is 30.5 Å². The third kappa shape index (κ3) is 7.87. The normalized spacial score (nSPS) is 18.2. The van der Waals surface area contributed by atoms with Crippen molar-refractivity contribution in [1.82, 2.24) is 19.8 Å². The number of halogens is 5. The molecule has 5 rings (SSSR count). The van der Waals surface area contributed by atoms with Gasteiger partial charge in [0.1, 0.15) is 5.82 Å². The molecule has 2 saturated heterocycles. The average Bonchev–Trinajstić information content (AvgIpc) is 3.53. The Kier molecular flexibility index (Phi) is 10.4. The van der Waals surface area contributed by atoms with E-state index >= 15 is 4.39 Å². The maximum Gasteiger partial charge on any atom is 0.416 e. The topological polar surface area (TPSA) is 72.8 Å². The Labute approximate surface area is 252 Å². The monoisotopic (exact) mass is 625 g/mol. The van der Waals surface area contributed by atoms with Crippen molar-refractivity contribution in [3.8, 4) is 11.3 Å². The van der Waals surface area contributed by atoms with Gasteiger partial charge in [0.25, 0.3) is 0 Å². The molecular formula is C30H36F5N5O2S. The van der Waals surface area contributed by atoms with E-state index in [9.17, 15) is 22.4 Å². The Morgan fingerprint density at radius 1 is 1.12 bits per heavy atom. The van der Waals surface area contributed by atoms with Crippen molar-refractivity contribution in [1.29, 1.82) is 0 Å². The zero-order valence-corrected chi connectivity index (χ0v) is 23.9. The molecule has 43 heavy (non-hydrogen) atoms. The Hall–Kier alpha value is -3.16. The summed E-state index contributed by atoms with van der Waals surface area (Å²) in [6.07, 6.45) is -1.09. The maximum atomic E-state index is 15.7. The first-order chi connectivity index (χ1) is 20.0.